The van der Waals surface area contributed by atoms with Crippen LogP contribution in [0.1, 0.15) is 32.1 Å². The molecule has 0 aromatic carbocycles. The highest BCUT2D eigenvalue weighted by Crippen LogP contribution is 2.51. The average molecular weight is 234 g/mol. The molecule has 0 bridgehead atoms. The first-order chi connectivity index (χ1) is 8.20. The summed E-state index contributed by atoms with van der Waals surface area (Å²) in [5.74, 6) is 1.77. The number of allylic oxidation sites excluding steroid dienone is 1. The van der Waals surface area contributed by atoms with E-state index in [1.165, 1.54) is 24.0 Å². The van der Waals surface area contributed by atoms with Gasteiger partial charge in [-0.05, 0) is 37.5 Å². The predicted octanol–water partition coefficient (Wildman–Crippen LogP) is 3.30. The Morgan fingerprint density at radius 1 is 1.18 bits per heavy atom. The van der Waals surface area contributed by atoms with Crippen molar-refractivity contribution in [3.8, 4) is 0 Å². The van der Waals surface area contributed by atoms with E-state index in [0.717, 1.165) is 19.3 Å². The van der Waals surface area contributed by atoms with Crippen molar-refractivity contribution >= 4 is 0 Å². The van der Waals surface area contributed by atoms with E-state index < -0.39 is 0 Å². The zero-order valence-electron chi connectivity index (χ0n) is 10.7. The summed E-state index contributed by atoms with van der Waals surface area (Å²) in [5, 5.41) is 0. The number of fused-ring (bicyclic) bond motifs is 3. The van der Waals surface area contributed by atoms with Crippen molar-refractivity contribution in [1.82, 2.24) is 0 Å². The van der Waals surface area contributed by atoms with Gasteiger partial charge in [-0.2, -0.15) is 0 Å². The van der Waals surface area contributed by atoms with Crippen LogP contribution in [0.15, 0.2) is 24.3 Å². The molecule has 17 heavy (non-hydrogen) atoms. The van der Waals surface area contributed by atoms with Crippen LogP contribution in [-0.2, 0) is 9.47 Å². The van der Waals surface area contributed by atoms with Gasteiger partial charge in [0.1, 0.15) is 0 Å². The van der Waals surface area contributed by atoms with Crippen molar-refractivity contribution < 1.29 is 9.47 Å². The molecule has 94 valence electrons. The van der Waals surface area contributed by atoms with Gasteiger partial charge in [0.2, 0.25) is 0 Å². The van der Waals surface area contributed by atoms with E-state index >= 15 is 0 Å². The molecule has 2 heteroatoms. The fourth-order valence-corrected chi connectivity index (χ4v) is 3.98. The maximum atomic E-state index is 6.10. The molecule has 2 nitrogen and oxygen atoms in total. The van der Waals surface area contributed by atoms with Crippen LogP contribution in [0.5, 0.6) is 0 Å². The van der Waals surface area contributed by atoms with Crippen molar-refractivity contribution in [2.24, 2.45) is 17.8 Å². The molecule has 1 saturated heterocycles. The minimum Gasteiger partial charge on any atom is -0.356 e. The number of rotatable bonds is 1. The molecule has 1 unspecified atom stereocenters. The van der Waals surface area contributed by atoms with E-state index in [1.54, 1.807) is 7.11 Å². The molecule has 0 aromatic heterocycles. The molecular formula is C15H22O2. The maximum absolute atomic E-state index is 6.10. The molecule has 3 fully saturated rings. The molecule has 0 aromatic rings. The highest BCUT2D eigenvalue weighted by atomic mass is 16.7. The normalized spacial score (nSPS) is 45.6. The lowest BCUT2D eigenvalue weighted by Crippen LogP contribution is -2.28. The van der Waals surface area contributed by atoms with Crippen LogP contribution in [0, 0.1) is 17.8 Å². The lowest BCUT2D eigenvalue weighted by atomic mass is 9.83. The third kappa shape index (κ3) is 1.78. The van der Waals surface area contributed by atoms with E-state index in [-0.39, 0.29) is 6.29 Å². The molecule has 1 aliphatic heterocycles. The zero-order chi connectivity index (χ0) is 12.0. The Labute approximate surface area is 104 Å². The lowest BCUT2D eigenvalue weighted by molar-refractivity contribution is -0.126. The third-order valence-corrected chi connectivity index (χ3v) is 4.93. The minimum absolute atomic E-state index is 0.00501. The van der Waals surface area contributed by atoms with E-state index in [9.17, 15) is 0 Å². The average Bonchev–Trinajstić information content (AvgIpc) is 2.86. The highest BCUT2D eigenvalue weighted by molar-refractivity contribution is 5.22. The highest BCUT2D eigenvalue weighted by Gasteiger charge is 2.48. The van der Waals surface area contributed by atoms with E-state index in [1.807, 2.05) is 0 Å². The van der Waals surface area contributed by atoms with Crippen molar-refractivity contribution in [3.63, 3.8) is 0 Å². The summed E-state index contributed by atoms with van der Waals surface area (Å²) in [6.45, 7) is 8.55. The summed E-state index contributed by atoms with van der Waals surface area (Å²) in [5.41, 5.74) is 2.81. The fraction of sp³-hybridized carbons (Fsp3) is 0.733. The molecule has 0 spiro atoms. The molecule has 2 aliphatic carbocycles. The molecule has 0 amide bonds. The summed E-state index contributed by atoms with van der Waals surface area (Å²) in [4.78, 5) is 0. The van der Waals surface area contributed by atoms with E-state index in [2.05, 4.69) is 13.2 Å². The molecule has 5 atom stereocenters. The third-order valence-electron chi connectivity index (χ3n) is 4.93. The standard InChI is InChI=1S/C15H22O2/c1-9-4-6-11-8-13(16-3)17-15(11)14-10(2)5-7-12(9)14/h11-15H,1-2,4-8H2,3H3/t11-,12-,13?,14-,15-/m0/s1. The van der Waals surface area contributed by atoms with Crippen molar-refractivity contribution in [2.75, 3.05) is 7.11 Å². The van der Waals surface area contributed by atoms with Gasteiger partial charge in [-0.1, -0.05) is 24.3 Å². The topological polar surface area (TPSA) is 18.5 Å². The van der Waals surface area contributed by atoms with Crippen LogP contribution in [0.2, 0.25) is 0 Å². The summed E-state index contributed by atoms with van der Waals surface area (Å²) >= 11 is 0. The van der Waals surface area contributed by atoms with Crippen molar-refractivity contribution in [2.45, 2.75) is 44.5 Å². The van der Waals surface area contributed by atoms with Gasteiger partial charge < -0.3 is 9.47 Å². The molecule has 3 aliphatic rings. The lowest BCUT2D eigenvalue weighted by Gasteiger charge is -2.27. The first-order valence-corrected chi connectivity index (χ1v) is 6.74. The zero-order valence-corrected chi connectivity index (χ0v) is 10.7. The molecular weight excluding hydrogens is 212 g/mol. The second-order valence-electron chi connectivity index (χ2n) is 5.79. The van der Waals surface area contributed by atoms with Crippen LogP contribution < -0.4 is 0 Å². The molecule has 0 N–H and O–H groups in total. The number of methoxy groups -OCH3 is 1. The number of ether oxygens (including phenoxy) is 2. The SMILES string of the molecule is C=C1CC[C@H]2C(=C)CC[C@H]3CC(OC)O[C@@H]3[C@@H]12. The van der Waals surface area contributed by atoms with E-state index in [0.29, 0.717) is 23.9 Å². The summed E-state index contributed by atoms with van der Waals surface area (Å²) in [6, 6.07) is 0. The molecule has 3 rings (SSSR count). The Hall–Kier alpha value is -0.600. The summed E-state index contributed by atoms with van der Waals surface area (Å²) < 4.78 is 11.5. The minimum atomic E-state index is 0.00501. The van der Waals surface area contributed by atoms with Gasteiger partial charge in [0, 0.05) is 19.4 Å². The Morgan fingerprint density at radius 2 is 1.94 bits per heavy atom. The van der Waals surface area contributed by atoms with Crippen LogP contribution in [0.4, 0.5) is 0 Å². The van der Waals surface area contributed by atoms with Gasteiger partial charge in [-0.3, -0.25) is 0 Å². The molecule has 0 radical (unpaired) electrons. The molecule has 2 saturated carbocycles. The smallest absolute Gasteiger partial charge is 0.157 e. The fourth-order valence-electron chi connectivity index (χ4n) is 3.98. The van der Waals surface area contributed by atoms with Crippen LogP contribution >= 0.6 is 0 Å². The quantitative estimate of drug-likeness (QED) is 0.648. The van der Waals surface area contributed by atoms with Gasteiger partial charge in [0.05, 0.1) is 6.10 Å². The Kier molecular flexibility index (Phi) is 2.87. The predicted molar refractivity (Wildman–Crippen MR) is 67.5 cm³/mol. The second kappa shape index (κ2) is 4.25. The largest absolute Gasteiger partial charge is 0.356 e. The maximum Gasteiger partial charge on any atom is 0.157 e. The van der Waals surface area contributed by atoms with Crippen molar-refractivity contribution in [1.29, 1.82) is 0 Å². The second-order valence-corrected chi connectivity index (χ2v) is 5.79. The first kappa shape index (κ1) is 11.5. The molecule has 1 heterocycles. The van der Waals surface area contributed by atoms with E-state index in [4.69, 9.17) is 9.47 Å². The van der Waals surface area contributed by atoms with Gasteiger partial charge in [0.25, 0.3) is 0 Å². The Morgan fingerprint density at radius 3 is 2.71 bits per heavy atom. The van der Waals surface area contributed by atoms with Gasteiger partial charge in [-0.15, -0.1) is 0 Å². The van der Waals surface area contributed by atoms with Gasteiger partial charge >= 0.3 is 0 Å². The van der Waals surface area contributed by atoms with Crippen LogP contribution in [0.3, 0.4) is 0 Å². The Balaban J connectivity index is 1.88. The monoisotopic (exact) mass is 234 g/mol. The van der Waals surface area contributed by atoms with Gasteiger partial charge in [-0.25, -0.2) is 0 Å². The van der Waals surface area contributed by atoms with Gasteiger partial charge in [0.15, 0.2) is 6.29 Å². The van der Waals surface area contributed by atoms with Crippen LogP contribution in [-0.4, -0.2) is 19.5 Å². The first-order valence-electron chi connectivity index (χ1n) is 6.74. The van der Waals surface area contributed by atoms with Crippen molar-refractivity contribution in [3.05, 3.63) is 24.3 Å². The number of hydrogen-bond donors (Lipinski definition) is 0. The van der Waals surface area contributed by atoms with Crippen LogP contribution in [0.25, 0.3) is 0 Å². The Bertz CT molecular complexity index is 347. The number of hydrogen-bond acceptors (Lipinski definition) is 2. The summed E-state index contributed by atoms with van der Waals surface area (Å²) in [6.07, 6.45) is 6.14. The summed E-state index contributed by atoms with van der Waals surface area (Å²) in [7, 11) is 1.75.